The molecule has 4 heteroatoms. The molecule has 1 heterocycles. The summed E-state index contributed by atoms with van der Waals surface area (Å²) >= 11 is 0. The van der Waals surface area contributed by atoms with Crippen molar-refractivity contribution < 1.29 is 4.39 Å². The maximum atomic E-state index is 13.7. The minimum absolute atomic E-state index is 0.0907. The van der Waals surface area contributed by atoms with Crippen LogP contribution >= 0.6 is 0 Å². The van der Waals surface area contributed by atoms with Crippen LogP contribution in [0, 0.1) is 12.7 Å². The number of hydrogen-bond donors (Lipinski definition) is 1. The summed E-state index contributed by atoms with van der Waals surface area (Å²) < 4.78 is 13.7. The first kappa shape index (κ1) is 14.4. The molecule has 0 aliphatic carbocycles. The summed E-state index contributed by atoms with van der Waals surface area (Å²) in [6.45, 7) is 8.02. The van der Waals surface area contributed by atoms with Crippen LogP contribution in [-0.4, -0.2) is 17.0 Å². The lowest BCUT2D eigenvalue weighted by Crippen LogP contribution is -2.15. The van der Waals surface area contributed by atoms with E-state index in [4.69, 9.17) is 0 Å². The van der Waals surface area contributed by atoms with Gasteiger partial charge in [-0.3, -0.25) is 0 Å². The van der Waals surface area contributed by atoms with Crippen LogP contribution in [-0.2, 0) is 5.41 Å². The molecule has 1 aromatic heterocycles. The predicted molar refractivity (Wildman–Crippen MR) is 80.4 cm³/mol. The van der Waals surface area contributed by atoms with Crippen LogP contribution in [0.15, 0.2) is 24.3 Å². The molecular weight excluding hydrogens is 253 g/mol. The second kappa shape index (κ2) is 5.19. The number of hydrogen-bond acceptors (Lipinski definition) is 3. The summed E-state index contributed by atoms with van der Waals surface area (Å²) in [4.78, 5) is 8.99. The minimum Gasteiger partial charge on any atom is -0.373 e. The molecule has 0 amide bonds. The lowest BCUT2D eigenvalue weighted by Gasteiger charge is -2.19. The molecule has 0 saturated heterocycles. The van der Waals surface area contributed by atoms with Gasteiger partial charge in [-0.1, -0.05) is 32.9 Å². The average molecular weight is 273 g/mol. The third-order valence-electron chi connectivity index (χ3n) is 3.18. The van der Waals surface area contributed by atoms with Crippen LogP contribution in [0.1, 0.15) is 32.0 Å². The molecule has 1 aromatic carbocycles. The van der Waals surface area contributed by atoms with Gasteiger partial charge in [-0.15, -0.1) is 0 Å². The first-order valence-electron chi connectivity index (χ1n) is 6.65. The lowest BCUT2D eigenvalue weighted by atomic mass is 9.91. The highest BCUT2D eigenvalue weighted by molar-refractivity contribution is 5.58. The SMILES string of the molecule is CNc1cc(C(C)(C)C)nc(-c2ccc(C)c(F)c2)n1. The molecule has 20 heavy (non-hydrogen) atoms. The van der Waals surface area contributed by atoms with Gasteiger partial charge in [0, 0.05) is 24.1 Å². The average Bonchev–Trinajstić information content (AvgIpc) is 2.40. The Kier molecular flexibility index (Phi) is 3.75. The largest absolute Gasteiger partial charge is 0.373 e. The molecule has 0 atom stereocenters. The number of halogens is 1. The summed E-state index contributed by atoms with van der Waals surface area (Å²) in [6.07, 6.45) is 0. The number of benzene rings is 1. The van der Waals surface area contributed by atoms with E-state index >= 15 is 0 Å². The fourth-order valence-electron chi connectivity index (χ4n) is 1.82. The number of aromatic nitrogens is 2. The van der Waals surface area contributed by atoms with E-state index in [0.717, 1.165) is 11.5 Å². The predicted octanol–water partition coefficient (Wildman–Crippen LogP) is 3.93. The smallest absolute Gasteiger partial charge is 0.161 e. The summed E-state index contributed by atoms with van der Waals surface area (Å²) in [5, 5.41) is 3.03. The fourth-order valence-corrected chi connectivity index (χ4v) is 1.82. The van der Waals surface area contributed by atoms with Gasteiger partial charge in [0.15, 0.2) is 5.82 Å². The Morgan fingerprint density at radius 1 is 1.10 bits per heavy atom. The van der Waals surface area contributed by atoms with Crippen LogP contribution in [0.25, 0.3) is 11.4 Å². The van der Waals surface area contributed by atoms with E-state index in [9.17, 15) is 4.39 Å². The quantitative estimate of drug-likeness (QED) is 0.901. The molecule has 0 bridgehead atoms. The molecule has 1 N–H and O–H groups in total. The van der Waals surface area contributed by atoms with Crippen LogP contribution in [0.2, 0.25) is 0 Å². The van der Waals surface area contributed by atoms with Gasteiger partial charge in [-0.25, -0.2) is 14.4 Å². The molecule has 2 aromatic rings. The van der Waals surface area contributed by atoms with E-state index < -0.39 is 0 Å². The first-order valence-corrected chi connectivity index (χ1v) is 6.65. The molecule has 0 unspecified atom stereocenters. The van der Waals surface area contributed by atoms with Gasteiger partial charge in [0.2, 0.25) is 0 Å². The Hall–Kier alpha value is -1.97. The zero-order chi connectivity index (χ0) is 14.9. The Balaban J connectivity index is 2.58. The van der Waals surface area contributed by atoms with E-state index in [2.05, 4.69) is 36.1 Å². The summed E-state index contributed by atoms with van der Waals surface area (Å²) in [7, 11) is 1.81. The second-order valence-electron chi connectivity index (χ2n) is 5.93. The summed E-state index contributed by atoms with van der Waals surface area (Å²) in [6, 6.07) is 7.00. The van der Waals surface area contributed by atoms with Crippen LogP contribution in [0.5, 0.6) is 0 Å². The van der Waals surface area contributed by atoms with E-state index in [0.29, 0.717) is 17.0 Å². The van der Waals surface area contributed by atoms with Gasteiger partial charge in [-0.05, 0) is 18.6 Å². The topological polar surface area (TPSA) is 37.8 Å². The number of anilines is 1. The molecule has 0 spiro atoms. The van der Waals surface area contributed by atoms with Crippen LogP contribution < -0.4 is 5.32 Å². The van der Waals surface area contributed by atoms with E-state index in [1.807, 2.05) is 19.2 Å². The molecule has 2 rings (SSSR count). The van der Waals surface area contributed by atoms with Gasteiger partial charge in [0.25, 0.3) is 0 Å². The Morgan fingerprint density at radius 3 is 2.35 bits per heavy atom. The Bertz CT molecular complexity index is 630. The van der Waals surface area contributed by atoms with Crippen molar-refractivity contribution in [3.8, 4) is 11.4 Å². The standard InChI is InChI=1S/C16H20FN3/c1-10-6-7-11(8-12(10)17)15-19-13(16(2,3)4)9-14(18-5)20-15/h6-9H,1-5H3,(H,18,19,20). The van der Waals surface area contributed by atoms with Crippen LogP contribution in [0.3, 0.4) is 0 Å². The number of nitrogens with one attached hydrogen (secondary N) is 1. The van der Waals surface area contributed by atoms with Gasteiger partial charge in [-0.2, -0.15) is 0 Å². The van der Waals surface area contributed by atoms with Crippen molar-refractivity contribution in [2.75, 3.05) is 12.4 Å². The highest BCUT2D eigenvalue weighted by Crippen LogP contribution is 2.26. The van der Waals surface area contributed by atoms with Crippen molar-refractivity contribution in [2.45, 2.75) is 33.1 Å². The van der Waals surface area contributed by atoms with Crippen molar-refractivity contribution in [1.82, 2.24) is 9.97 Å². The zero-order valence-corrected chi connectivity index (χ0v) is 12.6. The van der Waals surface area contributed by atoms with Crippen molar-refractivity contribution in [2.24, 2.45) is 0 Å². The second-order valence-corrected chi connectivity index (χ2v) is 5.93. The Morgan fingerprint density at radius 2 is 1.80 bits per heavy atom. The van der Waals surface area contributed by atoms with E-state index in [-0.39, 0.29) is 11.2 Å². The van der Waals surface area contributed by atoms with Crippen molar-refractivity contribution in [1.29, 1.82) is 0 Å². The van der Waals surface area contributed by atoms with Crippen LogP contribution in [0.4, 0.5) is 10.2 Å². The van der Waals surface area contributed by atoms with E-state index in [1.54, 1.807) is 13.0 Å². The zero-order valence-electron chi connectivity index (χ0n) is 12.6. The maximum absolute atomic E-state index is 13.7. The molecule has 0 saturated carbocycles. The monoisotopic (exact) mass is 273 g/mol. The third-order valence-corrected chi connectivity index (χ3v) is 3.18. The van der Waals surface area contributed by atoms with Crippen molar-refractivity contribution >= 4 is 5.82 Å². The summed E-state index contributed by atoms with van der Waals surface area (Å²) in [5.74, 6) is 1.04. The van der Waals surface area contributed by atoms with E-state index in [1.165, 1.54) is 6.07 Å². The molecular formula is C16H20FN3. The number of rotatable bonds is 2. The molecule has 0 fully saturated rings. The van der Waals surface area contributed by atoms with Gasteiger partial charge < -0.3 is 5.32 Å². The fraction of sp³-hybridized carbons (Fsp3) is 0.375. The number of aryl methyl sites for hydroxylation is 1. The highest BCUT2D eigenvalue weighted by atomic mass is 19.1. The van der Waals surface area contributed by atoms with Crippen molar-refractivity contribution in [3.05, 3.63) is 41.3 Å². The van der Waals surface area contributed by atoms with Gasteiger partial charge >= 0.3 is 0 Å². The maximum Gasteiger partial charge on any atom is 0.161 e. The minimum atomic E-state index is -0.238. The normalized spacial score (nSPS) is 11.5. The molecule has 3 nitrogen and oxygen atoms in total. The third kappa shape index (κ3) is 2.95. The highest BCUT2D eigenvalue weighted by Gasteiger charge is 2.18. The molecule has 0 radical (unpaired) electrons. The summed E-state index contributed by atoms with van der Waals surface area (Å²) in [5.41, 5.74) is 2.14. The molecule has 0 aliphatic heterocycles. The Labute approximate surface area is 119 Å². The molecule has 0 aliphatic rings. The van der Waals surface area contributed by atoms with Gasteiger partial charge in [0.1, 0.15) is 11.6 Å². The molecule has 106 valence electrons. The van der Waals surface area contributed by atoms with Crippen molar-refractivity contribution in [3.63, 3.8) is 0 Å². The first-order chi connectivity index (χ1) is 9.31. The number of nitrogens with zero attached hydrogens (tertiary/aromatic N) is 2. The lowest BCUT2D eigenvalue weighted by molar-refractivity contribution is 0.568. The van der Waals surface area contributed by atoms with Gasteiger partial charge in [0.05, 0.1) is 5.69 Å².